The number of benzene rings is 1. The lowest BCUT2D eigenvalue weighted by Gasteiger charge is -2.19. The average molecular weight is 206 g/mol. The van der Waals surface area contributed by atoms with Crippen molar-refractivity contribution >= 4 is 6.29 Å². The van der Waals surface area contributed by atoms with Gasteiger partial charge in [0, 0.05) is 5.92 Å². The molecule has 1 saturated carbocycles. The minimum Gasteiger partial charge on any atom is -0.303 e. The number of hydrogen-bond donors (Lipinski definition) is 0. The van der Waals surface area contributed by atoms with E-state index in [0.29, 0.717) is 11.5 Å². The Kier molecular flexibility index (Phi) is 2.85. The maximum Gasteiger partial charge on any atom is 0.126 e. The summed E-state index contributed by atoms with van der Waals surface area (Å²) in [5.41, 5.74) is 0.668. The Morgan fingerprint density at radius 1 is 1.40 bits per heavy atom. The molecule has 0 N–H and O–H groups in total. The Morgan fingerprint density at radius 2 is 2.07 bits per heavy atom. The third-order valence-electron chi connectivity index (χ3n) is 3.30. The summed E-state index contributed by atoms with van der Waals surface area (Å²) in [6.07, 6.45) is 3.22. The lowest BCUT2D eigenvalue weighted by molar-refractivity contribution is -0.112. The van der Waals surface area contributed by atoms with Crippen molar-refractivity contribution in [2.45, 2.75) is 25.7 Å². The van der Waals surface area contributed by atoms with Crippen LogP contribution < -0.4 is 0 Å². The van der Waals surface area contributed by atoms with Gasteiger partial charge in [0.05, 0.1) is 0 Å². The highest BCUT2D eigenvalue weighted by molar-refractivity contribution is 5.57. The van der Waals surface area contributed by atoms with Crippen LogP contribution in [0.25, 0.3) is 0 Å². The van der Waals surface area contributed by atoms with E-state index in [0.717, 1.165) is 19.1 Å². The minimum atomic E-state index is -0.197. The molecule has 0 radical (unpaired) electrons. The van der Waals surface area contributed by atoms with Crippen LogP contribution in [0.4, 0.5) is 4.39 Å². The molecule has 2 heteroatoms. The molecule has 0 amide bonds. The van der Waals surface area contributed by atoms with Crippen LogP contribution in [0.3, 0.4) is 0 Å². The largest absolute Gasteiger partial charge is 0.303 e. The summed E-state index contributed by atoms with van der Waals surface area (Å²) >= 11 is 0. The molecule has 1 nitrogen and oxygen atoms in total. The van der Waals surface area contributed by atoms with Crippen molar-refractivity contribution in [1.29, 1.82) is 0 Å². The molecule has 1 aromatic rings. The highest BCUT2D eigenvalue weighted by atomic mass is 19.1. The van der Waals surface area contributed by atoms with Crippen molar-refractivity contribution in [2.24, 2.45) is 11.8 Å². The van der Waals surface area contributed by atoms with E-state index in [2.05, 4.69) is 0 Å². The first kappa shape index (κ1) is 10.3. The number of carbonyl (C=O) groups excluding carboxylic acids is 1. The standard InChI is InChI=1S/C13H15FO/c1-9(12(8-15)10-6-7-10)11-4-2-3-5-13(11)14/h2-5,8-10,12H,6-7H2,1H3. The second-order valence-corrected chi connectivity index (χ2v) is 4.36. The van der Waals surface area contributed by atoms with Crippen molar-refractivity contribution < 1.29 is 9.18 Å². The lowest BCUT2D eigenvalue weighted by atomic mass is 9.85. The fourth-order valence-electron chi connectivity index (χ4n) is 2.17. The third kappa shape index (κ3) is 2.09. The van der Waals surface area contributed by atoms with Crippen LogP contribution in [0, 0.1) is 17.7 Å². The predicted molar refractivity (Wildman–Crippen MR) is 57.1 cm³/mol. The van der Waals surface area contributed by atoms with E-state index in [-0.39, 0.29) is 17.7 Å². The monoisotopic (exact) mass is 206 g/mol. The quantitative estimate of drug-likeness (QED) is 0.691. The van der Waals surface area contributed by atoms with Crippen LogP contribution in [-0.4, -0.2) is 6.29 Å². The first-order valence-corrected chi connectivity index (χ1v) is 5.43. The fourth-order valence-corrected chi connectivity index (χ4v) is 2.17. The van der Waals surface area contributed by atoms with E-state index in [1.807, 2.05) is 13.0 Å². The number of carbonyl (C=O) groups is 1. The Bertz CT molecular complexity index is 357. The van der Waals surface area contributed by atoms with Crippen molar-refractivity contribution in [3.63, 3.8) is 0 Å². The van der Waals surface area contributed by atoms with E-state index < -0.39 is 0 Å². The second-order valence-electron chi connectivity index (χ2n) is 4.36. The Labute approximate surface area is 89.3 Å². The van der Waals surface area contributed by atoms with Gasteiger partial charge in [0.1, 0.15) is 12.1 Å². The number of aldehydes is 1. The molecule has 2 unspecified atom stereocenters. The van der Waals surface area contributed by atoms with Gasteiger partial charge in [-0.05, 0) is 36.3 Å². The molecular weight excluding hydrogens is 191 g/mol. The van der Waals surface area contributed by atoms with Gasteiger partial charge >= 0.3 is 0 Å². The van der Waals surface area contributed by atoms with Crippen LogP contribution in [0.15, 0.2) is 24.3 Å². The molecule has 80 valence electrons. The molecule has 1 aliphatic rings. The maximum atomic E-state index is 13.5. The summed E-state index contributed by atoms with van der Waals surface area (Å²) in [4.78, 5) is 11.0. The van der Waals surface area contributed by atoms with Crippen LogP contribution >= 0.6 is 0 Å². The van der Waals surface area contributed by atoms with Gasteiger partial charge in [-0.2, -0.15) is 0 Å². The highest BCUT2D eigenvalue weighted by Gasteiger charge is 2.35. The van der Waals surface area contributed by atoms with E-state index in [1.54, 1.807) is 12.1 Å². The molecule has 0 bridgehead atoms. The minimum absolute atomic E-state index is 0.00352. The van der Waals surface area contributed by atoms with Gasteiger partial charge in [-0.15, -0.1) is 0 Å². The van der Waals surface area contributed by atoms with Crippen molar-refractivity contribution in [2.75, 3.05) is 0 Å². The number of rotatable bonds is 4. The molecule has 2 rings (SSSR count). The predicted octanol–water partition coefficient (Wildman–Crippen LogP) is 3.15. The molecule has 2 atom stereocenters. The smallest absolute Gasteiger partial charge is 0.126 e. The molecule has 15 heavy (non-hydrogen) atoms. The van der Waals surface area contributed by atoms with Gasteiger partial charge in [-0.25, -0.2) is 4.39 Å². The molecule has 1 aromatic carbocycles. The Balaban J connectivity index is 2.22. The summed E-state index contributed by atoms with van der Waals surface area (Å²) in [7, 11) is 0. The number of hydrogen-bond acceptors (Lipinski definition) is 1. The molecule has 0 aliphatic heterocycles. The van der Waals surface area contributed by atoms with E-state index >= 15 is 0 Å². The molecular formula is C13H15FO. The first-order chi connectivity index (χ1) is 7.24. The zero-order valence-electron chi connectivity index (χ0n) is 8.82. The Hall–Kier alpha value is -1.18. The fraction of sp³-hybridized carbons (Fsp3) is 0.462. The topological polar surface area (TPSA) is 17.1 Å². The van der Waals surface area contributed by atoms with Gasteiger partial charge in [-0.3, -0.25) is 0 Å². The normalized spacial score (nSPS) is 19.6. The summed E-state index contributed by atoms with van der Waals surface area (Å²) in [6.45, 7) is 1.94. The third-order valence-corrected chi connectivity index (χ3v) is 3.30. The van der Waals surface area contributed by atoms with Gasteiger partial charge in [0.25, 0.3) is 0 Å². The van der Waals surface area contributed by atoms with Crippen LogP contribution in [0.1, 0.15) is 31.2 Å². The molecule has 0 saturated heterocycles. The second kappa shape index (κ2) is 4.13. The summed E-state index contributed by atoms with van der Waals surface area (Å²) < 4.78 is 13.5. The van der Waals surface area contributed by atoms with Crippen LogP contribution in [0.5, 0.6) is 0 Å². The van der Waals surface area contributed by atoms with E-state index in [1.165, 1.54) is 6.07 Å². The molecule has 0 spiro atoms. The van der Waals surface area contributed by atoms with Crippen LogP contribution in [0.2, 0.25) is 0 Å². The molecule has 1 fully saturated rings. The zero-order chi connectivity index (χ0) is 10.8. The molecule has 0 heterocycles. The summed E-state index contributed by atoms with van der Waals surface area (Å²) in [5, 5.41) is 0. The molecule has 0 aromatic heterocycles. The van der Waals surface area contributed by atoms with Crippen molar-refractivity contribution in [1.82, 2.24) is 0 Å². The van der Waals surface area contributed by atoms with Crippen LogP contribution in [-0.2, 0) is 4.79 Å². The van der Waals surface area contributed by atoms with Gasteiger partial charge in [0.2, 0.25) is 0 Å². The lowest BCUT2D eigenvalue weighted by Crippen LogP contribution is -2.15. The van der Waals surface area contributed by atoms with E-state index in [4.69, 9.17) is 0 Å². The average Bonchev–Trinajstić information content (AvgIpc) is 3.03. The van der Waals surface area contributed by atoms with Crippen molar-refractivity contribution in [3.8, 4) is 0 Å². The maximum absolute atomic E-state index is 13.5. The van der Waals surface area contributed by atoms with Gasteiger partial charge in [0.15, 0.2) is 0 Å². The molecule has 1 aliphatic carbocycles. The van der Waals surface area contributed by atoms with Gasteiger partial charge in [-0.1, -0.05) is 25.1 Å². The summed E-state index contributed by atoms with van der Waals surface area (Å²) in [6, 6.07) is 6.74. The van der Waals surface area contributed by atoms with E-state index in [9.17, 15) is 9.18 Å². The van der Waals surface area contributed by atoms with Gasteiger partial charge < -0.3 is 4.79 Å². The Morgan fingerprint density at radius 3 is 2.60 bits per heavy atom. The number of halogens is 1. The zero-order valence-corrected chi connectivity index (χ0v) is 8.82. The first-order valence-electron chi connectivity index (χ1n) is 5.43. The summed E-state index contributed by atoms with van der Waals surface area (Å²) in [5.74, 6) is 0.271. The highest BCUT2D eigenvalue weighted by Crippen LogP contribution is 2.43. The SMILES string of the molecule is CC(c1ccccc1F)C(C=O)C1CC1. The van der Waals surface area contributed by atoms with Crippen molar-refractivity contribution in [3.05, 3.63) is 35.6 Å².